The van der Waals surface area contributed by atoms with Crippen LogP contribution >= 0.6 is 15.9 Å². The number of carboxylic acid groups (broad SMARTS) is 1. The number of carbonyl (C=O) groups excluding carboxylic acids is 1. The zero-order valence-electron chi connectivity index (χ0n) is 12.3. The number of hydrogen-bond donors (Lipinski definition) is 2. The second-order valence-corrected chi connectivity index (χ2v) is 6.70. The van der Waals surface area contributed by atoms with Gasteiger partial charge in [-0.1, -0.05) is 41.8 Å². The van der Waals surface area contributed by atoms with E-state index < -0.39 is 11.5 Å². The Hall–Kier alpha value is -1.36. The van der Waals surface area contributed by atoms with Crippen molar-refractivity contribution in [2.75, 3.05) is 0 Å². The molecular formula is C16H20BrNO3. The first kappa shape index (κ1) is 16.0. The summed E-state index contributed by atoms with van der Waals surface area (Å²) in [6.07, 6.45) is 3.16. The number of carbonyl (C=O) groups is 2. The van der Waals surface area contributed by atoms with Crippen LogP contribution in [0, 0.1) is 12.8 Å². The lowest BCUT2D eigenvalue weighted by atomic mass is 9.73. The summed E-state index contributed by atoms with van der Waals surface area (Å²) in [7, 11) is 0. The van der Waals surface area contributed by atoms with Crippen LogP contribution in [0.1, 0.15) is 48.5 Å². The molecule has 0 bridgehead atoms. The van der Waals surface area contributed by atoms with Crippen LogP contribution in [0.15, 0.2) is 22.7 Å². The van der Waals surface area contributed by atoms with Crippen LogP contribution in [0.4, 0.5) is 0 Å². The number of benzene rings is 1. The average molecular weight is 354 g/mol. The topological polar surface area (TPSA) is 66.4 Å². The van der Waals surface area contributed by atoms with Gasteiger partial charge in [0.2, 0.25) is 0 Å². The molecule has 1 fully saturated rings. The van der Waals surface area contributed by atoms with E-state index in [9.17, 15) is 14.7 Å². The highest BCUT2D eigenvalue weighted by atomic mass is 79.9. The van der Waals surface area contributed by atoms with Crippen LogP contribution in [-0.4, -0.2) is 22.5 Å². The monoisotopic (exact) mass is 353 g/mol. The molecule has 0 aromatic heterocycles. The van der Waals surface area contributed by atoms with Crippen molar-refractivity contribution in [1.82, 2.24) is 5.32 Å². The first-order valence-corrected chi connectivity index (χ1v) is 7.98. The zero-order valence-corrected chi connectivity index (χ0v) is 13.9. The van der Waals surface area contributed by atoms with Crippen molar-refractivity contribution >= 4 is 27.8 Å². The van der Waals surface area contributed by atoms with E-state index in [1.54, 1.807) is 12.1 Å². The summed E-state index contributed by atoms with van der Waals surface area (Å²) in [5.74, 6) is -1.33. The van der Waals surface area contributed by atoms with E-state index in [-0.39, 0.29) is 11.8 Å². The Morgan fingerprint density at radius 2 is 2.10 bits per heavy atom. The molecule has 1 aliphatic rings. The lowest BCUT2D eigenvalue weighted by molar-refractivity contribution is -0.148. The van der Waals surface area contributed by atoms with Gasteiger partial charge in [-0.25, -0.2) is 4.79 Å². The molecule has 1 amide bonds. The zero-order chi connectivity index (χ0) is 15.6. The van der Waals surface area contributed by atoms with Crippen molar-refractivity contribution in [2.45, 2.75) is 45.1 Å². The molecule has 0 heterocycles. The average Bonchev–Trinajstić information content (AvgIpc) is 2.44. The number of aryl methyl sites for hydroxylation is 1. The summed E-state index contributed by atoms with van der Waals surface area (Å²) in [6, 6.07) is 5.29. The number of halogens is 1. The van der Waals surface area contributed by atoms with Crippen molar-refractivity contribution in [3.63, 3.8) is 0 Å². The summed E-state index contributed by atoms with van der Waals surface area (Å²) in [5, 5.41) is 12.4. The Kier molecular flexibility index (Phi) is 4.71. The molecular weight excluding hydrogens is 334 g/mol. The van der Waals surface area contributed by atoms with E-state index in [1.165, 1.54) is 0 Å². The lowest BCUT2D eigenvalue weighted by Gasteiger charge is -2.39. The molecule has 2 rings (SSSR count). The standard InChI is InChI=1S/C16H20BrNO3/c1-10-6-7-12(9-13(10)17)14(19)18-16(15(20)21)8-4-3-5-11(16)2/h6-7,9,11H,3-5,8H2,1-2H3,(H,18,19)(H,20,21). The van der Waals surface area contributed by atoms with Crippen LogP contribution in [-0.2, 0) is 4.79 Å². The predicted molar refractivity (Wildman–Crippen MR) is 84.3 cm³/mol. The van der Waals surface area contributed by atoms with Gasteiger partial charge in [0, 0.05) is 10.0 Å². The molecule has 1 saturated carbocycles. The number of aliphatic carboxylic acids is 1. The van der Waals surface area contributed by atoms with Gasteiger partial charge in [-0.2, -0.15) is 0 Å². The minimum atomic E-state index is -1.15. The number of rotatable bonds is 3. The molecule has 1 aliphatic carbocycles. The first-order chi connectivity index (χ1) is 9.86. The van der Waals surface area contributed by atoms with Gasteiger partial charge in [0.15, 0.2) is 0 Å². The molecule has 2 unspecified atom stereocenters. The second-order valence-electron chi connectivity index (χ2n) is 5.84. The van der Waals surface area contributed by atoms with Crippen molar-refractivity contribution in [2.24, 2.45) is 5.92 Å². The highest BCUT2D eigenvalue weighted by molar-refractivity contribution is 9.10. The quantitative estimate of drug-likeness (QED) is 0.873. The maximum Gasteiger partial charge on any atom is 0.329 e. The van der Waals surface area contributed by atoms with Gasteiger partial charge < -0.3 is 10.4 Å². The summed E-state index contributed by atoms with van der Waals surface area (Å²) < 4.78 is 0.844. The maximum atomic E-state index is 12.4. The van der Waals surface area contributed by atoms with Gasteiger partial charge in [-0.3, -0.25) is 4.79 Å². The summed E-state index contributed by atoms with van der Waals surface area (Å²) >= 11 is 3.40. The maximum absolute atomic E-state index is 12.4. The van der Waals surface area contributed by atoms with Gasteiger partial charge >= 0.3 is 5.97 Å². The van der Waals surface area contributed by atoms with Gasteiger partial charge in [0.25, 0.3) is 5.91 Å². The Morgan fingerprint density at radius 3 is 2.67 bits per heavy atom. The van der Waals surface area contributed by atoms with E-state index in [4.69, 9.17) is 0 Å². The number of nitrogens with one attached hydrogen (secondary N) is 1. The third kappa shape index (κ3) is 3.12. The van der Waals surface area contributed by atoms with Gasteiger partial charge in [-0.15, -0.1) is 0 Å². The van der Waals surface area contributed by atoms with Crippen molar-refractivity contribution in [3.05, 3.63) is 33.8 Å². The predicted octanol–water partition coefficient (Wildman–Crippen LogP) is 3.52. The summed E-state index contributed by atoms with van der Waals surface area (Å²) in [6.45, 7) is 3.84. The SMILES string of the molecule is Cc1ccc(C(=O)NC2(C(=O)O)CCCCC2C)cc1Br. The van der Waals surface area contributed by atoms with Crippen LogP contribution in [0.3, 0.4) is 0 Å². The number of hydrogen-bond acceptors (Lipinski definition) is 2. The number of amides is 1. The molecule has 0 radical (unpaired) electrons. The molecule has 0 aliphatic heterocycles. The Balaban J connectivity index is 2.26. The molecule has 2 atom stereocenters. The molecule has 0 spiro atoms. The summed E-state index contributed by atoms with van der Waals surface area (Å²) in [5.41, 5.74) is 0.364. The van der Waals surface area contributed by atoms with E-state index in [0.717, 1.165) is 29.3 Å². The van der Waals surface area contributed by atoms with Crippen molar-refractivity contribution < 1.29 is 14.7 Å². The highest BCUT2D eigenvalue weighted by Gasteiger charge is 2.46. The highest BCUT2D eigenvalue weighted by Crippen LogP contribution is 2.34. The van der Waals surface area contributed by atoms with Crippen LogP contribution in [0.2, 0.25) is 0 Å². The third-order valence-electron chi connectivity index (χ3n) is 4.45. The first-order valence-electron chi connectivity index (χ1n) is 7.19. The Bertz CT molecular complexity index is 573. The minimum absolute atomic E-state index is 0.0680. The molecule has 0 saturated heterocycles. The van der Waals surface area contributed by atoms with Crippen LogP contribution < -0.4 is 5.32 Å². The van der Waals surface area contributed by atoms with Gasteiger partial charge in [0.1, 0.15) is 5.54 Å². The fourth-order valence-corrected chi connectivity index (χ4v) is 3.29. The largest absolute Gasteiger partial charge is 0.479 e. The molecule has 1 aromatic carbocycles. The normalized spacial score (nSPS) is 25.4. The van der Waals surface area contributed by atoms with E-state index in [0.29, 0.717) is 12.0 Å². The van der Waals surface area contributed by atoms with Crippen LogP contribution in [0.5, 0.6) is 0 Å². The van der Waals surface area contributed by atoms with Gasteiger partial charge in [0.05, 0.1) is 0 Å². The fraction of sp³-hybridized carbons (Fsp3) is 0.500. The van der Waals surface area contributed by atoms with Crippen LogP contribution in [0.25, 0.3) is 0 Å². The van der Waals surface area contributed by atoms with Crippen molar-refractivity contribution in [3.8, 4) is 0 Å². The smallest absolute Gasteiger partial charge is 0.329 e. The Labute approximate surface area is 133 Å². The Morgan fingerprint density at radius 1 is 1.38 bits per heavy atom. The molecule has 1 aromatic rings. The number of carboxylic acids is 1. The van der Waals surface area contributed by atoms with E-state index >= 15 is 0 Å². The van der Waals surface area contributed by atoms with Crippen molar-refractivity contribution in [1.29, 1.82) is 0 Å². The third-order valence-corrected chi connectivity index (χ3v) is 5.31. The molecule has 4 nitrogen and oxygen atoms in total. The lowest BCUT2D eigenvalue weighted by Crippen LogP contribution is -2.60. The fourth-order valence-electron chi connectivity index (χ4n) is 2.91. The summed E-state index contributed by atoms with van der Waals surface area (Å²) in [4.78, 5) is 24.2. The second kappa shape index (κ2) is 6.18. The molecule has 114 valence electrons. The van der Waals surface area contributed by atoms with E-state index in [1.807, 2.05) is 19.9 Å². The minimum Gasteiger partial charge on any atom is -0.479 e. The molecule has 5 heteroatoms. The van der Waals surface area contributed by atoms with Gasteiger partial charge in [-0.05, 0) is 43.4 Å². The van der Waals surface area contributed by atoms with E-state index in [2.05, 4.69) is 21.2 Å². The molecule has 21 heavy (non-hydrogen) atoms. The molecule has 2 N–H and O–H groups in total.